The third-order valence-electron chi connectivity index (χ3n) is 14.0. The standard InChI is InChI=1S/C66H53NOS/c1-65(2,3)45-39-44(40-46(41-45)66(4,5)6)48-25-15-19-43-20-16-27-53(62(43)48)50-21-7-11-30-57(50)67(47-37-35-42(36-38-47)49-26-17-29-55-52-23-9-13-32-59(52)68-64(49)55)58-31-12-8-22-51(58)54-28-18-34-61-63(54)56-24-10-14-33-60(56)69-61/h7-41H,1-6H3. The molecule has 2 aromatic heterocycles. The lowest BCUT2D eigenvalue weighted by Gasteiger charge is -2.30. The highest BCUT2D eigenvalue weighted by atomic mass is 32.1. The molecule has 0 N–H and O–H groups in total. The number of fused-ring (bicyclic) bond motifs is 7. The monoisotopic (exact) mass is 907 g/mol. The van der Waals surface area contributed by atoms with E-state index in [4.69, 9.17) is 4.42 Å². The number of para-hydroxylation sites is 4. The largest absolute Gasteiger partial charge is 0.455 e. The quantitative estimate of drug-likeness (QED) is 0.158. The van der Waals surface area contributed by atoms with Crippen LogP contribution in [0.15, 0.2) is 217 Å². The Balaban J connectivity index is 1.10. The lowest BCUT2D eigenvalue weighted by Crippen LogP contribution is -2.16. The SMILES string of the molecule is CC(C)(C)c1cc(-c2cccc3cccc(-c4ccccc4N(c4ccc(-c5cccc6c5oc5ccccc56)cc4)c4ccccc4-c4cccc5sc6ccccc6c45)c23)cc(C(C)(C)C)c1. The lowest BCUT2D eigenvalue weighted by atomic mass is 9.78. The van der Waals surface area contributed by atoms with Crippen molar-refractivity contribution in [2.24, 2.45) is 0 Å². The van der Waals surface area contributed by atoms with Gasteiger partial charge in [-0.2, -0.15) is 0 Å². The van der Waals surface area contributed by atoms with E-state index in [1.54, 1.807) is 0 Å². The van der Waals surface area contributed by atoms with Crippen LogP contribution < -0.4 is 4.90 Å². The molecule has 0 unspecified atom stereocenters. The maximum Gasteiger partial charge on any atom is 0.143 e. The van der Waals surface area contributed by atoms with E-state index in [2.05, 4.69) is 253 Å². The van der Waals surface area contributed by atoms with Crippen LogP contribution >= 0.6 is 11.3 Å². The first-order valence-electron chi connectivity index (χ1n) is 24.1. The van der Waals surface area contributed by atoms with Crippen LogP contribution in [0.5, 0.6) is 0 Å². The van der Waals surface area contributed by atoms with Crippen molar-refractivity contribution in [3.63, 3.8) is 0 Å². The topological polar surface area (TPSA) is 16.4 Å². The van der Waals surface area contributed by atoms with Crippen LogP contribution in [0, 0.1) is 0 Å². The molecule has 0 amide bonds. The van der Waals surface area contributed by atoms with Crippen LogP contribution in [0.4, 0.5) is 17.1 Å². The number of hydrogen-bond donors (Lipinski definition) is 0. The van der Waals surface area contributed by atoms with Gasteiger partial charge in [0, 0.05) is 53.3 Å². The molecule has 0 aliphatic heterocycles. The van der Waals surface area contributed by atoms with Gasteiger partial charge in [-0.1, -0.05) is 211 Å². The number of thiophene rings is 1. The molecule has 0 spiro atoms. The first-order valence-corrected chi connectivity index (χ1v) is 24.9. The predicted molar refractivity (Wildman–Crippen MR) is 298 cm³/mol. The van der Waals surface area contributed by atoms with E-state index in [9.17, 15) is 0 Å². The van der Waals surface area contributed by atoms with Crippen LogP contribution in [0.3, 0.4) is 0 Å². The molecule has 12 rings (SSSR count). The molecule has 0 saturated carbocycles. The molecule has 10 aromatic carbocycles. The average molecular weight is 908 g/mol. The van der Waals surface area contributed by atoms with E-state index in [-0.39, 0.29) is 10.8 Å². The summed E-state index contributed by atoms with van der Waals surface area (Å²) in [4.78, 5) is 2.49. The molecule has 334 valence electrons. The summed E-state index contributed by atoms with van der Waals surface area (Å²) >= 11 is 1.86. The van der Waals surface area contributed by atoms with Gasteiger partial charge in [0.2, 0.25) is 0 Å². The average Bonchev–Trinajstić information content (AvgIpc) is 3.95. The zero-order valence-electron chi connectivity index (χ0n) is 40.0. The van der Waals surface area contributed by atoms with Crippen molar-refractivity contribution in [2.75, 3.05) is 4.90 Å². The highest BCUT2D eigenvalue weighted by Crippen LogP contribution is 2.50. The summed E-state index contributed by atoms with van der Waals surface area (Å²) in [5.74, 6) is 0. The van der Waals surface area contributed by atoms with E-state index in [1.165, 1.54) is 69.9 Å². The molecule has 0 aliphatic carbocycles. The number of benzene rings is 10. The minimum Gasteiger partial charge on any atom is -0.455 e. The van der Waals surface area contributed by atoms with Gasteiger partial charge in [0.1, 0.15) is 11.2 Å². The van der Waals surface area contributed by atoms with Crippen LogP contribution in [-0.4, -0.2) is 0 Å². The fourth-order valence-corrected chi connectivity index (χ4v) is 11.6. The Morgan fingerprint density at radius 3 is 1.57 bits per heavy atom. The van der Waals surface area contributed by atoms with Crippen LogP contribution in [0.2, 0.25) is 0 Å². The van der Waals surface area contributed by atoms with Crippen LogP contribution in [-0.2, 0) is 10.8 Å². The summed E-state index contributed by atoms with van der Waals surface area (Å²) in [5, 5.41) is 7.29. The molecule has 0 atom stereocenters. The Hall–Kier alpha value is -7.72. The molecule has 0 bridgehead atoms. The van der Waals surface area contributed by atoms with E-state index >= 15 is 0 Å². The zero-order chi connectivity index (χ0) is 47.0. The van der Waals surface area contributed by atoms with Crippen molar-refractivity contribution in [3.8, 4) is 44.5 Å². The maximum absolute atomic E-state index is 6.56. The summed E-state index contributed by atoms with van der Waals surface area (Å²) in [5.41, 5.74) is 17.1. The first-order chi connectivity index (χ1) is 33.5. The molecule has 3 heteroatoms. The molecular weight excluding hydrogens is 855 g/mol. The van der Waals surface area contributed by atoms with E-state index < -0.39 is 0 Å². The van der Waals surface area contributed by atoms with Gasteiger partial charge in [0.25, 0.3) is 0 Å². The van der Waals surface area contributed by atoms with E-state index in [1.807, 2.05) is 17.4 Å². The van der Waals surface area contributed by atoms with Crippen molar-refractivity contribution in [2.45, 2.75) is 52.4 Å². The van der Waals surface area contributed by atoms with Gasteiger partial charge in [-0.15, -0.1) is 11.3 Å². The Kier molecular flexibility index (Phi) is 10.2. The predicted octanol–water partition coefficient (Wildman–Crippen LogP) is 19.8. The first kappa shape index (κ1) is 42.6. The van der Waals surface area contributed by atoms with Crippen molar-refractivity contribution < 1.29 is 4.42 Å². The van der Waals surface area contributed by atoms with Gasteiger partial charge in [-0.3, -0.25) is 0 Å². The number of furan rings is 1. The Labute approximate surface area is 408 Å². The van der Waals surface area contributed by atoms with Gasteiger partial charge in [-0.05, 0) is 103 Å². The van der Waals surface area contributed by atoms with Gasteiger partial charge in [0.15, 0.2) is 0 Å². The molecule has 0 aliphatic rings. The van der Waals surface area contributed by atoms with Crippen molar-refractivity contribution >= 4 is 81.3 Å². The summed E-state index contributed by atoms with van der Waals surface area (Å²) < 4.78 is 9.14. The van der Waals surface area contributed by atoms with Crippen molar-refractivity contribution in [1.29, 1.82) is 0 Å². The molecular formula is C66H53NOS. The summed E-state index contributed by atoms with van der Waals surface area (Å²) in [6.07, 6.45) is 0. The van der Waals surface area contributed by atoms with Gasteiger partial charge in [0.05, 0.1) is 11.4 Å². The molecule has 12 aromatic rings. The van der Waals surface area contributed by atoms with Gasteiger partial charge >= 0.3 is 0 Å². The van der Waals surface area contributed by atoms with E-state index in [0.717, 1.165) is 55.7 Å². The molecule has 2 heterocycles. The zero-order valence-corrected chi connectivity index (χ0v) is 40.8. The summed E-state index contributed by atoms with van der Waals surface area (Å²) in [7, 11) is 0. The summed E-state index contributed by atoms with van der Waals surface area (Å²) in [6.45, 7) is 13.9. The number of hydrogen-bond acceptors (Lipinski definition) is 3. The summed E-state index contributed by atoms with van der Waals surface area (Å²) in [6, 6.07) is 78.3. The Bertz CT molecular complexity index is 3890. The molecule has 69 heavy (non-hydrogen) atoms. The Morgan fingerprint density at radius 1 is 0.377 bits per heavy atom. The highest BCUT2D eigenvalue weighted by Gasteiger charge is 2.26. The smallest absolute Gasteiger partial charge is 0.143 e. The fraction of sp³-hybridized carbons (Fsp3) is 0.121. The van der Waals surface area contributed by atoms with Crippen molar-refractivity contribution in [1.82, 2.24) is 0 Å². The second-order valence-electron chi connectivity index (χ2n) is 20.5. The molecule has 0 saturated heterocycles. The minimum absolute atomic E-state index is 0.0162. The minimum atomic E-state index is -0.0162. The third-order valence-corrected chi connectivity index (χ3v) is 15.1. The maximum atomic E-state index is 6.56. The fourth-order valence-electron chi connectivity index (χ4n) is 10.4. The Morgan fingerprint density at radius 2 is 0.884 bits per heavy atom. The molecule has 0 fully saturated rings. The second-order valence-corrected chi connectivity index (χ2v) is 21.6. The molecule has 0 radical (unpaired) electrons. The van der Waals surface area contributed by atoms with Gasteiger partial charge in [-0.25, -0.2) is 0 Å². The number of anilines is 3. The highest BCUT2D eigenvalue weighted by molar-refractivity contribution is 7.25. The normalized spacial score (nSPS) is 12.2. The van der Waals surface area contributed by atoms with Crippen LogP contribution in [0.25, 0.3) is 97.4 Å². The third kappa shape index (κ3) is 7.41. The van der Waals surface area contributed by atoms with Gasteiger partial charge < -0.3 is 9.32 Å². The lowest BCUT2D eigenvalue weighted by molar-refractivity contribution is 0.569. The van der Waals surface area contributed by atoms with Crippen LogP contribution in [0.1, 0.15) is 52.7 Å². The second kappa shape index (κ2) is 16.5. The number of nitrogens with zero attached hydrogens (tertiary/aromatic N) is 1. The van der Waals surface area contributed by atoms with Crippen molar-refractivity contribution in [3.05, 3.63) is 223 Å². The molecule has 2 nitrogen and oxygen atoms in total. The van der Waals surface area contributed by atoms with E-state index in [0.29, 0.717) is 0 Å². The number of rotatable bonds is 7.